The average molecular weight is 449 g/mol. The molecule has 4 rings (SSSR count). The average Bonchev–Trinajstić information content (AvgIpc) is 3.12. The van der Waals surface area contributed by atoms with Crippen molar-refractivity contribution in [2.24, 2.45) is 0 Å². The number of non-ortho nitro benzene ring substituents is 1. The van der Waals surface area contributed by atoms with Crippen molar-refractivity contribution >= 4 is 23.3 Å². The van der Waals surface area contributed by atoms with Crippen molar-refractivity contribution in [1.82, 2.24) is 5.16 Å². The third-order valence-corrected chi connectivity index (χ3v) is 4.92. The first-order chi connectivity index (χ1) is 14.9. The summed E-state index contributed by atoms with van der Waals surface area (Å²) < 4.78 is 35.3. The van der Waals surface area contributed by atoms with Crippen LogP contribution in [0.3, 0.4) is 0 Å². The van der Waals surface area contributed by atoms with Crippen LogP contribution in [-0.2, 0) is 22.7 Å². The molecule has 0 radical (unpaired) electrons. The Morgan fingerprint density at radius 3 is 2.94 bits per heavy atom. The predicted molar refractivity (Wildman–Crippen MR) is 104 cm³/mol. The van der Waals surface area contributed by atoms with Crippen molar-refractivity contribution in [2.75, 3.05) is 6.79 Å². The fourth-order valence-corrected chi connectivity index (χ4v) is 3.47. The Bertz CT molecular complexity index is 1170. The molecule has 0 unspecified atom stereocenters. The van der Waals surface area contributed by atoms with Crippen LogP contribution in [0.5, 0.6) is 5.75 Å². The molecule has 31 heavy (non-hydrogen) atoms. The molecule has 0 saturated carbocycles. The molecule has 0 bridgehead atoms. The van der Waals surface area contributed by atoms with Crippen molar-refractivity contribution in [3.63, 3.8) is 0 Å². The van der Waals surface area contributed by atoms with E-state index in [-0.39, 0.29) is 53.3 Å². The molecule has 1 aliphatic heterocycles. The van der Waals surface area contributed by atoms with E-state index in [1.807, 2.05) is 0 Å². The van der Waals surface area contributed by atoms with Gasteiger partial charge in [-0.05, 0) is 19.1 Å². The summed E-state index contributed by atoms with van der Waals surface area (Å²) in [4.78, 5) is 23.5. The van der Waals surface area contributed by atoms with E-state index >= 15 is 0 Å². The number of halogens is 2. The first-order valence-corrected chi connectivity index (χ1v) is 9.33. The molecule has 2 heterocycles. The van der Waals surface area contributed by atoms with Crippen LogP contribution in [0.1, 0.15) is 27.2 Å². The molecule has 3 aromatic rings. The van der Waals surface area contributed by atoms with Gasteiger partial charge in [0.1, 0.15) is 35.2 Å². The largest absolute Gasteiger partial charge is 0.467 e. The van der Waals surface area contributed by atoms with Gasteiger partial charge in [0.2, 0.25) is 0 Å². The summed E-state index contributed by atoms with van der Waals surface area (Å²) in [6.07, 6.45) is 0. The standard InChI is InChI=1S/C20H14ClFN2O7/c1-10-16(18(23-31-10)17-14(21)3-2-4-15(17)22)20(25)29-8-12-6-13(24(26)27)5-11-7-28-9-30-19(11)12/h2-6H,7-9H2,1H3. The molecule has 0 spiro atoms. The van der Waals surface area contributed by atoms with Crippen molar-refractivity contribution in [3.05, 3.63) is 73.7 Å². The van der Waals surface area contributed by atoms with Crippen LogP contribution in [0.4, 0.5) is 10.1 Å². The Hall–Kier alpha value is -3.50. The first-order valence-electron chi connectivity index (χ1n) is 8.95. The van der Waals surface area contributed by atoms with E-state index in [4.69, 9.17) is 30.3 Å². The molecule has 11 heteroatoms. The van der Waals surface area contributed by atoms with Gasteiger partial charge in [-0.25, -0.2) is 9.18 Å². The number of aryl methyl sites for hydroxylation is 1. The number of nitro benzene ring substituents is 1. The quantitative estimate of drug-likeness (QED) is 0.316. The van der Waals surface area contributed by atoms with Crippen molar-refractivity contribution < 1.29 is 32.8 Å². The van der Waals surface area contributed by atoms with Crippen LogP contribution in [-0.4, -0.2) is 22.8 Å². The summed E-state index contributed by atoms with van der Waals surface area (Å²) in [5.74, 6) is -1.09. The third-order valence-electron chi connectivity index (χ3n) is 4.61. The number of hydrogen-bond acceptors (Lipinski definition) is 8. The maximum atomic E-state index is 14.3. The lowest BCUT2D eigenvalue weighted by atomic mass is 10.1. The summed E-state index contributed by atoms with van der Waals surface area (Å²) >= 11 is 6.08. The predicted octanol–water partition coefficient (Wildman–Crippen LogP) is 4.57. The fraction of sp³-hybridized carbons (Fsp3) is 0.200. The van der Waals surface area contributed by atoms with Gasteiger partial charge >= 0.3 is 5.97 Å². The minimum Gasteiger partial charge on any atom is -0.467 e. The maximum Gasteiger partial charge on any atom is 0.344 e. The number of fused-ring (bicyclic) bond motifs is 1. The number of aromatic nitrogens is 1. The SMILES string of the molecule is Cc1onc(-c2c(F)cccc2Cl)c1C(=O)OCc1cc([N+](=O)[O-])cc2c1OCOC2. The highest BCUT2D eigenvalue weighted by atomic mass is 35.5. The summed E-state index contributed by atoms with van der Waals surface area (Å²) in [5, 5.41) is 15.0. The topological polar surface area (TPSA) is 114 Å². The Balaban J connectivity index is 1.65. The monoisotopic (exact) mass is 448 g/mol. The summed E-state index contributed by atoms with van der Waals surface area (Å²) in [5.41, 5.74) is 0.263. The zero-order chi connectivity index (χ0) is 22.1. The van der Waals surface area contributed by atoms with Crippen molar-refractivity contribution in [3.8, 4) is 17.0 Å². The van der Waals surface area contributed by atoms with Gasteiger partial charge in [0, 0.05) is 23.3 Å². The molecule has 160 valence electrons. The zero-order valence-corrected chi connectivity index (χ0v) is 16.8. The smallest absolute Gasteiger partial charge is 0.344 e. The Morgan fingerprint density at radius 1 is 1.39 bits per heavy atom. The molecule has 2 aromatic carbocycles. The molecule has 1 aliphatic rings. The molecule has 9 nitrogen and oxygen atoms in total. The summed E-state index contributed by atoms with van der Waals surface area (Å²) in [6.45, 7) is 1.22. The van der Waals surface area contributed by atoms with Crippen LogP contribution in [0.2, 0.25) is 5.02 Å². The van der Waals surface area contributed by atoms with Gasteiger partial charge in [-0.3, -0.25) is 10.1 Å². The normalized spacial score (nSPS) is 12.7. The van der Waals surface area contributed by atoms with E-state index in [0.29, 0.717) is 16.9 Å². The number of hydrogen-bond donors (Lipinski definition) is 0. The van der Waals surface area contributed by atoms with E-state index in [0.717, 1.165) is 0 Å². The Kier molecular flexibility index (Phi) is 5.57. The zero-order valence-electron chi connectivity index (χ0n) is 16.0. The molecular weight excluding hydrogens is 435 g/mol. The molecule has 0 N–H and O–H groups in total. The lowest BCUT2D eigenvalue weighted by Gasteiger charge is -2.20. The second kappa shape index (κ2) is 8.32. The Morgan fingerprint density at radius 2 is 2.19 bits per heavy atom. The van der Waals surface area contributed by atoms with Gasteiger partial charge < -0.3 is 18.7 Å². The highest BCUT2D eigenvalue weighted by Crippen LogP contribution is 2.35. The van der Waals surface area contributed by atoms with Gasteiger partial charge in [0.25, 0.3) is 5.69 Å². The highest BCUT2D eigenvalue weighted by molar-refractivity contribution is 6.33. The lowest BCUT2D eigenvalue weighted by Crippen LogP contribution is -2.15. The van der Waals surface area contributed by atoms with Gasteiger partial charge in [0.05, 0.1) is 22.1 Å². The molecule has 0 aliphatic carbocycles. The fourth-order valence-electron chi connectivity index (χ4n) is 3.22. The van der Waals surface area contributed by atoms with Gasteiger partial charge in [-0.1, -0.05) is 22.8 Å². The second-order valence-electron chi connectivity index (χ2n) is 6.60. The second-order valence-corrected chi connectivity index (χ2v) is 7.00. The van der Waals surface area contributed by atoms with Crippen LogP contribution in [0, 0.1) is 22.9 Å². The van der Waals surface area contributed by atoms with Gasteiger partial charge in [-0.2, -0.15) is 0 Å². The van der Waals surface area contributed by atoms with Gasteiger partial charge in [-0.15, -0.1) is 0 Å². The van der Waals surface area contributed by atoms with Crippen molar-refractivity contribution in [1.29, 1.82) is 0 Å². The molecule has 0 fully saturated rings. The Labute approximate surface area is 179 Å². The van der Waals surface area contributed by atoms with E-state index < -0.39 is 16.7 Å². The van der Waals surface area contributed by atoms with E-state index in [2.05, 4.69) is 5.16 Å². The number of nitro groups is 1. The highest BCUT2D eigenvalue weighted by Gasteiger charge is 2.28. The van der Waals surface area contributed by atoms with Crippen LogP contribution >= 0.6 is 11.6 Å². The molecular formula is C20H14ClFN2O7. The number of nitrogens with zero attached hydrogens (tertiary/aromatic N) is 2. The van der Waals surface area contributed by atoms with Crippen LogP contribution < -0.4 is 4.74 Å². The van der Waals surface area contributed by atoms with Crippen molar-refractivity contribution in [2.45, 2.75) is 20.1 Å². The molecule has 0 atom stereocenters. The van der Waals surface area contributed by atoms with E-state index in [9.17, 15) is 19.3 Å². The molecule has 0 saturated heterocycles. The number of benzene rings is 2. The van der Waals surface area contributed by atoms with E-state index in [1.54, 1.807) is 0 Å². The molecule has 0 amide bonds. The number of carbonyl (C=O) groups is 1. The number of ether oxygens (including phenoxy) is 3. The third kappa shape index (κ3) is 3.94. The van der Waals surface area contributed by atoms with Crippen LogP contribution in [0.15, 0.2) is 34.9 Å². The summed E-state index contributed by atoms with van der Waals surface area (Å²) in [7, 11) is 0. The van der Waals surface area contributed by atoms with E-state index in [1.165, 1.54) is 37.3 Å². The minimum absolute atomic E-state index is 0.0353. The van der Waals surface area contributed by atoms with Crippen LogP contribution in [0.25, 0.3) is 11.3 Å². The minimum atomic E-state index is -0.861. The lowest BCUT2D eigenvalue weighted by molar-refractivity contribution is -0.385. The number of esters is 1. The summed E-state index contributed by atoms with van der Waals surface area (Å²) in [6, 6.07) is 6.64. The maximum absolute atomic E-state index is 14.3. The number of rotatable bonds is 5. The number of carbonyl (C=O) groups excluding carboxylic acids is 1. The van der Waals surface area contributed by atoms with Gasteiger partial charge in [0.15, 0.2) is 6.79 Å². The molecule has 1 aromatic heterocycles. The first kappa shape index (κ1) is 20.8.